The van der Waals surface area contributed by atoms with Gasteiger partial charge in [-0.25, -0.2) is 0 Å². The highest BCUT2D eigenvalue weighted by molar-refractivity contribution is 7.08. The lowest BCUT2D eigenvalue weighted by atomic mass is 10.1. The van der Waals surface area contributed by atoms with Crippen LogP contribution in [-0.4, -0.2) is 10.9 Å². The molecule has 4 aromatic rings. The molecular weight excluding hydrogens is 377 g/mol. The molecule has 0 spiro atoms. The molecule has 0 aliphatic carbocycles. The van der Waals surface area contributed by atoms with Crippen LogP contribution in [0.5, 0.6) is 0 Å². The van der Waals surface area contributed by atoms with E-state index in [9.17, 15) is 18.0 Å². The van der Waals surface area contributed by atoms with Crippen LogP contribution in [0.1, 0.15) is 15.9 Å². The molecule has 2 aromatic carbocycles. The maximum Gasteiger partial charge on any atom is 0.417 e. The highest BCUT2D eigenvalue weighted by atomic mass is 32.1. The molecule has 0 radical (unpaired) electrons. The summed E-state index contributed by atoms with van der Waals surface area (Å²) in [6, 6.07) is 11.7. The van der Waals surface area contributed by atoms with Crippen LogP contribution >= 0.6 is 11.3 Å². The molecule has 0 fully saturated rings. The van der Waals surface area contributed by atoms with Crippen LogP contribution in [0.3, 0.4) is 0 Å². The fraction of sp³-hybridized carbons (Fsp3) is 0.0526. The predicted octanol–water partition coefficient (Wildman–Crippen LogP) is 5.83. The molecule has 0 atom stereocenters. The van der Waals surface area contributed by atoms with Crippen molar-refractivity contribution in [2.24, 2.45) is 0 Å². The molecule has 27 heavy (non-hydrogen) atoms. The van der Waals surface area contributed by atoms with E-state index in [2.05, 4.69) is 10.3 Å². The molecular formula is C19H11F3N2O2S. The monoisotopic (exact) mass is 388 g/mol. The van der Waals surface area contributed by atoms with Gasteiger partial charge >= 0.3 is 12.2 Å². The van der Waals surface area contributed by atoms with Gasteiger partial charge < -0.3 is 4.42 Å². The number of alkyl halides is 3. The van der Waals surface area contributed by atoms with Gasteiger partial charge in [0.05, 0.1) is 11.1 Å². The number of hydrogen-bond donors (Lipinski definition) is 1. The second-order valence-electron chi connectivity index (χ2n) is 5.71. The molecule has 0 saturated carbocycles. The van der Waals surface area contributed by atoms with Gasteiger partial charge in [0.1, 0.15) is 5.52 Å². The maximum atomic E-state index is 13.1. The molecule has 0 saturated heterocycles. The van der Waals surface area contributed by atoms with E-state index in [1.54, 1.807) is 23.5 Å². The second kappa shape index (κ2) is 6.55. The Kier molecular flexibility index (Phi) is 4.19. The summed E-state index contributed by atoms with van der Waals surface area (Å²) in [5.41, 5.74) is 1.36. The Morgan fingerprint density at radius 1 is 1.07 bits per heavy atom. The largest absolute Gasteiger partial charge is 0.423 e. The summed E-state index contributed by atoms with van der Waals surface area (Å²) < 4.78 is 44.7. The van der Waals surface area contributed by atoms with Crippen molar-refractivity contribution in [2.75, 3.05) is 5.32 Å². The molecule has 2 aromatic heterocycles. The van der Waals surface area contributed by atoms with E-state index in [1.165, 1.54) is 12.1 Å². The van der Waals surface area contributed by atoms with Gasteiger partial charge in [0, 0.05) is 0 Å². The van der Waals surface area contributed by atoms with Gasteiger partial charge in [-0.1, -0.05) is 18.2 Å². The van der Waals surface area contributed by atoms with Crippen molar-refractivity contribution in [1.29, 1.82) is 0 Å². The van der Waals surface area contributed by atoms with Crippen LogP contribution in [0.4, 0.5) is 19.2 Å². The number of aromatic nitrogens is 1. The number of oxazole rings is 1. The summed E-state index contributed by atoms with van der Waals surface area (Å²) >= 11 is 1.56. The fourth-order valence-corrected chi connectivity index (χ4v) is 3.35. The first-order valence-electron chi connectivity index (χ1n) is 7.82. The van der Waals surface area contributed by atoms with Gasteiger partial charge in [-0.3, -0.25) is 10.1 Å². The van der Waals surface area contributed by atoms with Crippen molar-refractivity contribution in [3.63, 3.8) is 0 Å². The number of fused-ring (bicyclic) bond motifs is 1. The number of carbonyl (C=O) groups is 1. The Balaban J connectivity index is 1.63. The van der Waals surface area contributed by atoms with Gasteiger partial charge in [-0.05, 0) is 52.2 Å². The van der Waals surface area contributed by atoms with Crippen LogP contribution in [-0.2, 0) is 6.18 Å². The number of thiophene rings is 1. The minimum atomic E-state index is -4.63. The summed E-state index contributed by atoms with van der Waals surface area (Å²) in [6.45, 7) is 0. The van der Waals surface area contributed by atoms with Crippen molar-refractivity contribution in [1.82, 2.24) is 4.98 Å². The van der Waals surface area contributed by atoms with Crippen LogP contribution < -0.4 is 5.32 Å². The fourth-order valence-electron chi connectivity index (χ4n) is 2.68. The number of hydrogen-bond acceptors (Lipinski definition) is 4. The smallest absolute Gasteiger partial charge is 0.417 e. The van der Waals surface area contributed by atoms with E-state index < -0.39 is 23.2 Å². The molecule has 0 aliphatic heterocycles. The average Bonchev–Trinajstić information content (AvgIpc) is 3.29. The van der Waals surface area contributed by atoms with E-state index in [1.807, 2.05) is 22.9 Å². The summed E-state index contributed by atoms with van der Waals surface area (Å²) in [5, 5.41) is 6.23. The third kappa shape index (κ3) is 3.43. The minimum absolute atomic E-state index is 0.158. The number of amides is 1. The zero-order valence-electron chi connectivity index (χ0n) is 13.6. The standard InChI is InChI=1S/C19H11F3N2O2S/c20-19(21,22)14-4-2-1-3-13(14)17(25)24-18-23-15-9-11(5-6-16(15)26-18)12-7-8-27-10-12/h1-10H,(H,23,24,25). The highest BCUT2D eigenvalue weighted by Crippen LogP contribution is 2.32. The minimum Gasteiger partial charge on any atom is -0.423 e. The van der Waals surface area contributed by atoms with Crippen molar-refractivity contribution < 1.29 is 22.4 Å². The average molecular weight is 388 g/mol. The van der Waals surface area contributed by atoms with E-state index in [-0.39, 0.29) is 6.01 Å². The lowest BCUT2D eigenvalue weighted by Gasteiger charge is -2.11. The molecule has 4 nitrogen and oxygen atoms in total. The number of anilines is 1. The molecule has 8 heteroatoms. The third-order valence-corrected chi connectivity index (χ3v) is 4.62. The second-order valence-corrected chi connectivity index (χ2v) is 6.49. The summed E-state index contributed by atoms with van der Waals surface area (Å²) in [5.74, 6) is -0.937. The molecule has 136 valence electrons. The molecule has 4 rings (SSSR count). The lowest BCUT2D eigenvalue weighted by Crippen LogP contribution is -2.18. The highest BCUT2D eigenvalue weighted by Gasteiger charge is 2.35. The third-order valence-electron chi connectivity index (χ3n) is 3.94. The zero-order chi connectivity index (χ0) is 19.0. The van der Waals surface area contributed by atoms with E-state index in [4.69, 9.17) is 4.42 Å². The zero-order valence-corrected chi connectivity index (χ0v) is 14.4. The van der Waals surface area contributed by atoms with Crippen LogP contribution in [0.25, 0.3) is 22.2 Å². The van der Waals surface area contributed by atoms with Crippen LogP contribution in [0.2, 0.25) is 0 Å². The van der Waals surface area contributed by atoms with E-state index in [0.29, 0.717) is 11.1 Å². The Morgan fingerprint density at radius 2 is 1.89 bits per heavy atom. The first kappa shape index (κ1) is 17.3. The number of rotatable bonds is 3. The number of nitrogens with zero attached hydrogens (tertiary/aromatic N) is 1. The summed E-state index contributed by atoms with van der Waals surface area (Å²) in [6.07, 6.45) is -4.63. The van der Waals surface area contributed by atoms with Gasteiger partial charge in [0.2, 0.25) is 0 Å². The number of halogens is 3. The number of carbonyl (C=O) groups excluding carboxylic acids is 1. The SMILES string of the molecule is O=C(Nc1nc2cc(-c3ccsc3)ccc2o1)c1ccccc1C(F)(F)F. The Labute approximate surface area is 155 Å². The first-order chi connectivity index (χ1) is 12.9. The van der Waals surface area contributed by atoms with Gasteiger partial charge in [-0.15, -0.1) is 0 Å². The molecule has 2 heterocycles. The first-order valence-corrected chi connectivity index (χ1v) is 8.77. The molecule has 1 amide bonds. The quantitative estimate of drug-likeness (QED) is 0.481. The van der Waals surface area contributed by atoms with Crippen molar-refractivity contribution >= 4 is 34.4 Å². The Bertz CT molecular complexity index is 1120. The molecule has 0 bridgehead atoms. The predicted molar refractivity (Wildman–Crippen MR) is 96.7 cm³/mol. The molecule has 0 aliphatic rings. The van der Waals surface area contributed by atoms with Crippen molar-refractivity contribution in [2.45, 2.75) is 6.18 Å². The van der Waals surface area contributed by atoms with Crippen molar-refractivity contribution in [3.8, 4) is 11.1 Å². The van der Waals surface area contributed by atoms with E-state index in [0.717, 1.165) is 23.3 Å². The van der Waals surface area contributed by atoms with Crippen LogP contribution in [0.15, 0.2) is 63.7 Å². The Morgan fingerprint density at radius 3 is 2.63 bits per heavy atom. The molecule has 1 N–H and O–H groups in total. The summed E-state index contributed by atoms with van der Waals surface area (Å²) in [4.78, 5) is 16.5. The van der Waals surface area contributed by atoms with Gasteiger partial charge in [0.15, 0.2) is 5.58 Å². The lowest BCUT2D eigenvalue weighted by molar-refractivity contribution is -0.137. The number of benzene rings is 2. The molecule has 0 unspecified atom stereocenters. The van der Waals surface area contributed by atoms with Gasteiger partial charge in [0.25, 0.3) is 5.91 Å². The maximum absolute atomic E-state index is 13.1. The van der Waals surface area contributed by atoms with Gasteiger partial charge in [-0.2, -0.15) is 29.5 Å². The van der Waals surface area contributed by atoms with Crippen LogP contribution in [0, 0.1) is 0 Å². The normalized spacial score (nSPS) is 11.7. The van der Waals surface area contributed by atoms with E-state index >= 15 is 0 Å². The number of nitrogens with one attached hydrogen (secondary N) is 1. The summed E-state index contributed by atoms with van der Waals surface area (Å²) in [7, 11) is 0. The Hall–Kier alpha value is -3.13. The van der Waals surface area contributed by atoms with Crippen molar-refractivity contribution in [3.05, 3.63) is 70.4 Å². The topological polar surface area (TPSA) is 55.1 Å².